The van der Waals surface area contributed by atoms with Crippen LogP contribution >= 0.6 is 0 Å². The summed E-state index contributed by atoms with van der Waals surface area (Å²) < 4.78 is 0. The molecule has 4 heterocycles. The molecule has 4 rings (SSSR count). The predicted molar refractivity (Wildman–Crippen MR) is 97.4 cm³/mol. The van der Waals surface area contributed by atoms with E-state index in [0.717, 1.165) is 29.7 Å². The first-order chi connectivity index (χ1) is 12.6. The van der Waals surface area contributed by atoms with Gasteiger partial charge in [0.2, 0.25) is 5.91 Å². The van der Waals surface area contributed by atoms with Gasteiger partial charge in [0.1, 0.15) is 17.8 Å². The lowest BCUT2D eigenvalue weighted by Gasteiger charge is -2.36. The zero-order chi connectivity index (χ0) is 18.1. The molecule has 1 aliphatic rings. The minimum atomic E-state index is -0.906. The SMILES string of the molecule is Cc1[nH]ncc1CN(C(=O)C1(N)CCNCC1)c1ncnc2[nH]ccc12. The lowest BCUT2D eigenvalue weighted by molar-refractivity contribution is -0.124. The highest BCUT2D eigenvalue weighted by atomic mass is 16.2. The van der Waals surface area contributed by atoms with Crippen LogP contribution in [0.15, 0.2) is 24.8 Å². The molecule has 0 atom stereocenters. The molecule has 1 saturated heterocycles. The number of nitrogens with zero attached hydrogens (tertiary/aromatic N) is 4. The summed E-state index contributed by atoms with van der Waals surface area (Å²) in [5.74, 6) is 0.436. The van der Waals surface area contributed by atoms with Crippen LogP contribution in [0.1, 0.15) is 24.1 Å². The molecule has 0 radical (unpaired) electrons. The lowest BCUT2D eigenvalue weighted by Crippen LogP contribution is -2.60. The third kappa shape index (κ3) is 2.85. The number of aryl methyl sites for hydroxylation is 1. The van der Waals surface area contributed by atoms with Crippen LogP contribution in [0.5, 0.6) is 0 Å². The molecule has 3 aromatic heterocycles. The van der Waals surface area contributed by atoms with Crippen molar-refractivity contribution in [3.05, 3.63) is 36.0 Å². The maximum atomic E-state index is 13.5. The van der Waals surface area contributed by atoms with Gasteiger partial charge in [0.15, 0.2) is 0 Å². The average molecular weight is 354 g/mol. The quantitative estimate of drug-likeness (QED) is 0.543. The zero-order valence-corrected chi connectivity index (χ0v) is 14.6. The van der Waals surface area contributed by atoms with E-state index in [1.807, 2.05) is 13.0 Å². The minimum Gasteiger partial charge on any atom is -0.346 e. The fraction of sp³-hybridized carbons (Fsp3) is 0.412. The van der Waals surface area contributed by atoms with Crippen LogP contribution in [0.4, 0.5) is 5.82 Å². The molecule has 9 nitrogen and oxygen atoms in total. The molecule has 0 unspecified atom stereocenters. The minimum absolute atomic E-state index is 0.124. The number of nitrogens with one attached hydrogen (secondary N) is 3. The van der Waals surface area contributed by atoms with E-state index in [1.54, 1.807) is 17.3 Å². The first-order valence-corrected chi connectivity index (χ1v) is 8.67. The van der Waals surface area contributed by atoms with Gasteiger partial charge in [0, 0.05) is 17.5 Å². The third-order valence-electron chi connectivity index (χ3n) is 5.02. The smallest absolute Gasteiger partial charge is 0.248 e. The van der Waals surface area contributed by atoms with Crippen molar-refractivity contribution in [3.63, 3.8) is 0 Å². The number of H-pyrrole nitrogens is 2. The highest BCUT2D eigenvalue weighted by Crippen LogP contribution is 2.28. The van der Waals surface area contributed by atoms with Gasteiger partial charge >= 0.3 is 0 Å². The summed E-state index contributed by atoms with van der Waals surface area (Å²) in [6, 6.07) is 1.87. The molecule has 0 aliphatic carbocycles. The number of hydrogen-bond acceptors (Lipinski definition) is 6. The second kappa shape index (κ2) is 6.50. The number of fused-ring (bicyclic) bond motifs is 1. The Labute approximate surface area is 150 Å². The van der Waals surface area contributed by atoms with E-state index in [1.165, 1.54) is 6.33 Å². The molecular weight excluding hydrogens is 332 g/mol. The molecule has 9 heteroatoms. The number of rotatable bonds is 4. The summed E-state index contributed by atoms with van der Waals surface area (Å²) in [6.45, 7) is 3.73. The summed E-state index contributed by atoms with van der Waals surface area (Å²) in [4.78, 5) is 26.9. The van der Waals surface area contributed by atoms with E-state index in [9.17, 15) is 4.79 Å². The number of nitrogens with two attached hydrogens (primary N) is 1. The van der Waals surface area contributed by atoms with Crippen molar-refractivity contribution in [1.82, 2.24) is 30.5 Å². The number of hydrogen-bond donors (Lipinski definition) is 4. The van der Waals surface area contributed by atoms with Gasteiger partial charge in [-0.1, -0.05) is 0 Å². The Morgan fingerprint density at radius 1 is 1.35 bits per heavy atom. The number of anilines is 1. The molecule has 0 spiro atoms. The monoisotopic (exact) mass is 354 g/mol. The van der Waals surface area contributed by atoms with E-state index in [2.05, 4.69) is 30.5 Å². The van der Waals surface area contributed by atoms with Crippen LogP contribution < -0.4 is 16.0 Å². The second-order valence-electron chi connectivity index (χ2n) is 6.75. The number of piperidine rings is 1. The largest absolute Gasteiger partial charge is 0.346 e. The Hall–Kier alpha value is -2.78. The lowest BCUT2D eigenvalue weighted by atomic mass is 9.87. The fourth-order valence-electron chi connectivity index (χ4n) is 3.38. The van der Waals surface area contributed by atoms with Crippen LogP contribution in [0.2, 0.25) is 0 Å². The van der Waals surface area contributed by atoms with Crippen molar-refractivity contribution >= 4 is 22.8 Å². The van der Waals surface area contributed by atoms with E-state index in [4.69, 9.17) is 5.73 Å². The van der Waals surface area contributed by atoms with Crippen molar-refractivity contribution < 1.29 is 4.79 Å². The molecule has 1 fully saturated rings. The van der Waals surface area contributed by atoms with Gasteiger partial charge in [-0.2, -0.15) is 5.10 Å². The Morgan fingerprint density at radius 2 is 2.15 bits per heavy atom. The van der Waals surface area contributed by atoms with Crippen LogP contribution in [0.3, 0.4) is 0 Å². The number of carbonyl (C=O) groups excluding carboxylic acids is 1. The fourth-order valence-corrected chi connectivity index (χ4v) is 3.38. The zero-order valence-electron chi connectivity index (χ0n) is 14.6. The van der Waals surface area contributed by atoms with Gasteiger partial charge in [0.05, 0.1) is 23.7 Å². The Kier molecular flexibility index (Phi) is 4.17. The topological polar surface area (TPSA) is 129 Å². The van der Waals surface area contributed by atoms with Crippen LogP contribution in [0.25, 0.3) is 11.0 Å². The summed E-state index contributed by atoms with van der Waals surface area (Å²) >= 11 is 0. The molecule has 0 aromatic carbocycles. The predicted octanol–water partition coefficient (Wildman–Crippen LogP) is 0.604. The Morgan fingerprint density at radius 3 is 2.88 bits per heavy atom. The first-order valence-electron chi connectivity index (χ1n) is 8.67. The van der Waals surface area contributed by atoms with E-state index >= 15 is 0 Å². The van der Waals surface area contributed by atoms with E-state index in [0.29, 0.717) is 30.9 Å². The maximum Gasteiger partial charge on any atom is 0.248 e. The Balaban J connectivity index is 1.78. The normalized spacial score (nSPS) is 16.7. The summed E-state index contributed by atoms with van der Waals surface area (Å²) in [5.41, 5.74) is 8.15. The molecule has 0 saturated carbocycles. The van der Waals surface area contributed by atoms with Crippen molar-refractivity contribution in [2.24, 2.45) is 5.73 Å². The molecule has 1 amide bonds. The second-order valence-corrected chi connectivity index (χ2v) is 6.75. The van der Waals surface area contributed by atoms with Gasteiger partial charge < -0.3 is 16.0 Å². The highest BCUT2D eigenvalue weighted by Gasteiger charge is 2.40. The molecule has 26 heavy (non-hydrogen) atoms. The van der Waals surface area contributed by atoms with E-state index < -0.39 is 5.54 Å². The number of amides is 1. The van der Waals surface area contributed by atoms with Gasteiger partial charge in [-0.25, -0.2) is 9.97 Å². The van der Waals surface area contributed by atoms with Gasteiger partial charge in [-0.15, -0.1) is 0 Å². The van der Waals surface area contributed by atoms with Crippen molar-refractivity contribution in [2.45, 2.75) is 31.8 Å². The molecule has 1 aliphatic heterocycles. The van der Waals surface area contributed by atoms with Gasteiger partial charge in [0.25, 0.3) is 0 Å². The molecule has 5 N–H and O–H groups in total. The number of aromatic amines is 2. The first kappa shape index (κ1) is 16.7. The molecule has 0 bridgehead atoms. The van der Waals surface area contributed by atoms with Crippen molar-refractivity contribution in [1.29, 1.82) is 0 Å². The van der Waals surface area contributed by atoms with Crippen LogP contribution in [-0.2, 0) is 11.3 Å². The van der Waals surface area contributed by atoms with Crippen molar-refractivity contribution in [3.8, 4) is 0 Å². The standard InChI is InChI=1S/C17H22N8O/c1-11-12(8-23-24-11)9-25(16(26)17(18)3-6-19-7-4-17)15-13-2-5-20-14(13)21-10-22-15/h2,5,8,10,19H,3-4,6-7,9,18H2,1H3,(H,23,24)(H,20,21,22). The van der Waals surface area contributed by atoms with Gasteiger partial charge in [-0.3, -0.25) is 14.8 Å². The van der Waals surface area contributed by atoms with Crippen LogP contribution in [0, 0.1) is 6.92 Å². The third-order valence-corrected chi connectivity index (χ3v) is 5.02. The molecule has 136 valence electrons. The summed E-state index contributed by atoms with van der Waals surface area (Å²) in [7, 11) is 0. The van der Waals surface area contributed by atoms with E-state index in [-0.39, 0.29) is 5.91 Å². The number of carbonyl (C=O) groups is 1. The van der Waals surface area contributed by atoms with Crippen molar-refractivity contribution in [2.75, 3.05) is 18.0 Å². The summed E-state index contributed by atoms with van der Waals surface area (Å²) in [5, 5.41) is 11.0. The molecular formula is C17H22N8O. The van der Waals surface area contributed by atoms with Crippen LogP contribution in [-0.4, -0.2) is 49.7 Å². The summed E-state index contributed by atoms with van der Waals surface area (Å²) in [6.07, 6.45) is 6.17. The highest BCUT2D eigenvalue weighted by molar-refractivity contribution is 6.04. The molecule has 3 aromatic rings. The number of aromatic nitrogens is 5. The Bertz CT molecular complexity index is 924. The maximum absolute atomic E-state index is 13.5. The average Bonchev–Trinajstić information content (AvgIpc) is 3.28. The van der Waals surface area contributed by atoms with Gasteiger partial charge in [-0.05, 0) is 38.9 Å².